The first-order chi connectivity index (χ1) is 10.6. The van der Waals surface area contributed by atoms with Crippen molar-refractivity contribution >= 4 is 5.78 Å². The summed E-state index contributed by atoms with van der Waals surface area (Å²) in [5.41, 5.74) is 3.33. The van der Waals surface area contributed by atoms with Crippen molar-refractivity contribution in [3.63, 3.8) is 0 Å². The zero-order valence-electron chi connectivity index (χ0n) is 13.7. The number of nitrogens with one attached hydrogen (secondary N) is 1. The highest BCUT2D eigenvalue weighted by Crippen LogP contribution is 2.15. The molecule has 0 spiro atoms. The second-order valence-electron chi connectivity index (χ2n) is 6.05. The number of rotatable bonds is 7. The van der Waals surface area contributed by atoms with Gasteiger partial charge in [0, 0.05) is 5.56 Å². The molecule has 0 heterocycles. The maximum absolute atomic E-state index is 12.4. The highest BCUT2D eigenvalue weighted by atomic mass is 16.1. The lowest BCUT2D eigenvalue weighted by molar-refractivity contribution is 0.0951. The van der Waals surface area contributed by atoms with Crippen LogP contribution in [0.4, 0.5) is 0 Å². The Labute approximate surface area is 133 Å². The zero-order valence-corrected chi connectivity index (χ0v) is 13.7. The molecule has 2 nitrogen and oxygen atoms in total. The maximum atomic E-state index is 12.4. The number of hydrogen-bond donors (Lipinski definition) is 1. The standard InChI is InChI=1S/C20H25NO/c1-15(2)18-9-11-19(12-10-18)20(22)16(3)21-14-13-17-7-5-4-6-8-17/h4-12,15-16,21H,13-14H2,1-3H3. The van der Waals surface area contributed by atoms with E-state index in [4.69, 9.17) is 0 Å². The van der Waals surface area contributed by atoms with Gasteiger partial charge in [-0.15, -0.1) is 0 Å². The molecule has 0 saturated heterocycles. The molecule has 0 aliphatic heterocycles. The van der Waals surface area contributed by atoms with E-state index in [-0.39, 0.29) is 11.8 Å². The van der Waals surface area contributed by atoms with E-state index in [2.05, 4.69) is 43.4 Å². The number of Topliss-reactive ketones (excluding diaryl/α,β-unsaturated/α-hetero) is 1. The van der Waals surface area contributed by atoms with Gasteiger partial charge in [0.2, 0.25) is 0 Å². The molecule has 2 aromatic carbocycles. The second kappa shape index (κ2) is 7.90. The largest absolute Gasteiger partial charge is 0.307 e. The summed E-state index contributed by atoms with van der Waals surface area (Å²) in [4.78, 5) is 12.4. The molecule has 0 radical (unpaired) electrons. The van der Waals surface area contributed by atoms with E-state index in [1.807, 2.05) is 37.3 Å². The van der Waals surface area contributed by atoms with Gasteiger partial charge in [0.15, 0.2) is 5.78 Å². The summed E-state index contributed by atoms with van der Waals surface area (Å²) in [7, 11) is 0. The highest BCUT2D eigenvalue weighted by molar-refractivity contribution is 5.99. The number of carbonyl (C=O) groups is 1. The minimum atomic E-state index is -0.159. The van der Waals surface area contributed by atoms with Crippen molar-refractivity contribution in [3.8, 4) is 0 Å². The summed E-state index contributed by atoms with van der Waals surface area (Å²) >= 11 is 0. The van der Waals surface area contributed by atoms with E-state index in [1.54, 1.807) is 0 Å². The Morgan fingerprint density at radius 3 is 2.18 bits per heavy atom. The number of hydrogen-bond acceptors (Lipinski definition) is 2. The van der Waals surface area contributed by atoms with Crippen LogP contribution in [0.1, 0.15) is 48.2 Å². The molecule has 2 heteroatoms. The molecule has 0 fully saturated rings. The third-order valence-electron chi connectivity index (χ3n) is 3.96. The molecule has 2 rings (SSSR count). The fourth-order valence-electron chi connectivity index (χ4n) is 2.45. The maximum Gasteiger partial charge on any atom is 0.179 e. The van der Waals surface area contributed by atoms with Crippen LogP contribution in [0.5, 0.6) is 0 Å². The quantitative estimate of drug-likeness (QED) is 0.775. The number of benzene rings is 2. The SMILES string of the molecule is CC(NCCc1ccccc1)C(=O)c1ccc(C(C)C)cc1. The van der Waals surface area contributed by atoms with E-state index in [9.17, 15) is 4.79 Å². The van der Waals surface area contributed by atoms with Gasteiger partial charge < -0.3 is 5.32 Å². The summed E-state index contributed by atoms with van der Waals surface area (Å²) < 4.78 is 0. The van der Waals surface area contributed by atoms with Crippen molar-refractivity contribution in [3.05, 3.63) is 71.3 Å². The van der Waals surface area contributed by atoms with Gasteiger partial charge in [-0.05, 0) is 36.9 Å². The van der Waals surface area contributed by atoms with E-state index in [0.29, 0.717) is 5.92 Å². The third kappa shape index (κ3) is 4.54. The smallest absolute Gasteiger partial charge is 0.179 e. The van der Waals surface area contributed by atoms with Crippen LogP contribution >= 0.6 is 0 Å². The van der Waals surface area contributed by atoms with E-state index < -0.39 is 0 Å². The molecule has 1 N–H and O–H groups in total. The normalized spacial score (nSPS) is 12.4. The molecule has 0 saturated carbocycles. The van der Waals surface area contributed by atoms with Gasteiger partial charge in [-0.2, -0.15) is 0 Å². The van der Waals surface area contributed by atoms with Gasteiger partial charge in [-0.1, -0.05) is 68.4 Å². The van der Waals surface area contributed by atoms with Crippen molar-refractivity contribution in [2.45, 2.75) is 39.2 Å². The van der Waals surface area contributed by atoms with Gasteiger partial charge in [0.25, 0.3) is 0 Å². The summed E-state index contributed by atoms with van der Waals surface area (Å²) in [6, 6.07) is 18.1. The van der Waals surface area contributed by atoms with Crippen molar-refractivity contribution in [1.29, 1.82) is 0 Å². The first-order valence-corrected chi connectivity index (χ1v) is 7.99. The first-order valence-electron chi connectivity index (χ1n) is 7.99. The van der Waals surface area contributed by atoms with Crippen LogP contribution in [0.25, 0.3) is 0 Å². The van der Waals surface area contributed by atoms with Gasteiger partial charge in [-0.25, -0.2) is 0 Å². The first kappa shape index (κ1) is 16.4. The lowest BCUT2D eigenvalue weighted by Gasteiger charge is -2.13. The van der Waals surface area contributed by atoms with Crippen LogP contribution in [0.3, 0.4) is 0 Å². The zero-order chi connectivity index (χ0) is 15.9. The molecule has 0 aliphatic rings. The molecular weight excluding hydrogens is 270 g/mol. The second-order valence-corrected chi connectivity index (χ2v) is 6.05. The summed E-state index contributed by atoms with van der Waals surface area (Å²) in [6.45, 7) is 7.06. The Morgan fingerprint density at radius 2 is 1.59 bits per heavy atom. The molecule has 0 aromatic heterocycles. The fraction of sp³-hybridized carbons (Fsp3) is 0.350. The lowest BCUT2D eigenvalue weighted by atomic mass is 9.98. The molecule has 1 atom stereocenters. The van der Waals surface area contributed by atoms with Crippen LogP contribution in [0.2, 0.25) is 0 Å². The van der Waals surface area contributed by atoms with E-state index in [0.717, 1.165) is 18.5 Å². The summed E-state index contributed by atoms with van der Waals surface area (Å²) in [6.07, 6.45) is 0.935. The fourth-order valence-corrected chi connectivity index (χ4v) is 2.45. The molecule has 0 bridgehead atoms. The Balaban J connectivity index is 1.86. The predicted molar refractivity (Wildman–Crippen MR) is 92.5 cm³/mol. The Bertz CT molecular complexity index is 587. The van der Waals surface area contributed by atoms with Crippen LogP contribution in [0.15, 0.2) is 54.6 Å². The van der Waals surface area contributed by atoms with E-state index in [1.165, 1.54) is 11.1 Å². The molecule has 116 valence electrons. The average Bonchev–Trinajstić information content (AvgIpc) is 2.55. The summed E-state index contributed by atoms with van der Waals surface area (Å²) in [5.74, 6) is 0.647. The molecule has 2 aromatic rings. The van der Waals surface area contributed by atoms with Crippen LogP contribution in [-0.4, -0.2) is 18.4 Å². The Kier molecular flexibility index (Phi) is 5.91. The molecule has 0 amide bonds. The van der Waals surface area contributed by atoms with Gasteiger partial charge >= 0.3 is 0 Å². The minimum Gasteiger partial charge on any atom is -0.307 e. The lowest BCUT2D eigenvalue weighted by Crippen LogP contribution is -2.35. The van der Waals surface area contributed by atoms with Crippen molar-refractivity contribution in [2.24, 2.45) is 0 Å². The van der Waals surface area contributed by atoms with Crippen molar-refractivity contribution in [1.82, 2.24) is 5.32 Å². The van der Waals surface area contributed by atoms with Crippen molar-refractivity contribution < 1.29 is 4.79 Å². The topological polar surface area (TPSA) is 29.1 Å². The Morgan fingerprint density at radius 1 is 0.955 bits per heavy atom. The monoisotopic (exact) mass is 295 g/mol. The van der Waals surface area contributed by atoms with Crippen LogP contribution in [-0.2, 0) is 6.42 Å². The van der Waals surface area contributed by atoms with Crippen LogP contribution in [0, 0.1) is 0 Å². The van der Waals surface area contributed by atoms with Gasteiger partial charge in [0.1, 0.15) is 0 Å². The summed E-state index contributed by atoms with van der Waals surface area (Å²) in [5, 5.41) is 3.32. The highest BCUT2D eigenvalue weighted by Gasteiger charge is 2.14. The van der Waals surface area contributed by atoms with Gasteiger partial charge in [-0.3, -0.25) is 4.79 Å². The average molecular weight is 295 g/mol. The number of ketones is 1. The Hall–Kier alpha value is -1.93. The van der Waals surface area contributed by atoms with Crippen LogP contribution < -0.4 is 5.32 Å². The van der Waals surface area contributed by atoms with Crippen molar-refractivity contribution in [2.75, 3.05) is 6.54 Å². The molecular formula is C20H25NO. The van der Waals surface area contributed by atoms with E-state index >= 15 is 0 Å². The molecule has 1 unspecified atom stereocenters. The minimum absolute atomic E-state index is 0.156. The number of carbonyl (C=O) groups excluding carboxylic acids is 1. The third-order valence-corrected chi connectivity index (χ3v) is 3.96. The molecule has 22 heavy (non-hydrogen) atoms. The van der Waals surface area contributed by atoms with Gasteiger partial charge in [0.05, 0.1) is 6.04 Å². The molecule has 0 aliphatic carbocycles. The predicted octanol–water partition coefficient (Wildman–Crippen LogP) is 4.21.